The van der Waals surface area contributed by atoms with E-state index in [0.29, 0.717) is 29.2 Å². The van der Waals surface area contributed by atoms with Gasteiger partial charge in [0.1, 0.15) is 0 Å². The molecule has 0 radical (unpaired) electrons. The lowest BCUT2D eigenvalue weighted by atomic mass is 10.1. The number of methoxy groups -OCH3 is 3. The van der Waals surface area contributed by atoms with Gasteiger partial charge in [0.25, 0.3) is 0 Å². The number of rotatable bonds is 8. The molecule has 0 aliphatic carbocycles. The second-order valence-corrected chi connectivity index (χ2v) is 7.18. The Morgan fingerprint density at radius 2 is 1.85 bits per heavy atom. The number of benzene rings is 1. The van der Waals surface area contributed by atoms with Gasteiger partial charge in [-0.3, -0.25) is 9.89 Å². The molecule has 1 heterocycles. The first-order valence-corrected chi connectivity index (χ1v) is 9.54. The quantitative estimate of drug-likeness (QED) is 0.536. The van der Waals surface area contributed by atoms with Crippen molar-refractivity contribution in [3.63, 3.8) is 0 Å². The lowest BCUT2D eigenvalue weighted by molar-refractivity contribution is 0.227. The van der Waals surface area contributed by atoms with Gasteiger partial charge >= 0.3 is 0 Å². The summed E-state index contributed by atoms with van der Waals surface area (Å²) in [5.74, 6) is 3.19. The van der Waals surface area contributed by atoms with E-state index in [1.165, 1.54) is 19.4 Å². The van der Waals surface area contributed by atoms with Gasteiger partial charge in [-0.05, 0) is 25.3 Å². The van der Waals surface area contributed by atoms with E-state index in [-0.39, 0.29) is 0 Å². The number of hydrogen-bond acceptors (Lipinski definition) is 5. The minimum Gasteiger partial charge on any atom is -0.493 e. The van der Waals surface area contributed by atoms with E-state index in [0.717, 1.165) is 24.7 Å². The highest BCUT2D eigenvalue weighted by Crippen LogP contribution is 2.39. The standard InChI is InChI=1S/C20H34N4O3/c1-14(2)13-24-9-7-8-16(24)12-22-20(21-3)23-15-10-17(25-4)19(27-6)18(11-15)26-5/h10-11,14,16H,7-9,12-13H2,1-6H3,(H2,21,22,23)/t16-/m1/s1. The summed E-state index contributed by atoms with van der Waals surface area (Å²) in [4.78, 5) is 6.92. The predicted molar refractivity (Wildman–Crippen MR) is 111 cm³/mol. The largest absolute Gasteiger partial charge is 0.493 e. The first-order valence-electron chi connectivity index (χ1n) is 9.54. The van der Waals surface area contributed by atoms with Crippen molar-refractivity contribution in [1.29, 1.82) is 0 Å². The summed E-state index contributed by atoms with van der Waals surface area (Å²) in [5, 5.41) is 6.76. The van der Waals surface area contributed by atoms with E-state index in [1.807, 2.05) is 12.1 Å². The Kier molecular flexibility index (Phi) is 8.03. The molecular weight excluding hydrogens is 344 g/mol. The van der Waals surface area contributed by atoms with E-state index >= 15 is 0 Å². The molecule has 1 saturated heterocycles. The molecule has 1 aromatic rings. The summed E-state index contributed by atoms with van der Waals surface area (Å²) < 4.78 is 16.2. The molecule has 152 valence electrons. The number of likely N-dealkylation sites (tertiary alicyclic amines) is 1. The third kappa shape index (κ3) is 5.66. The smallest absolute Gasteiger partial charge is 0.203 e. The Labute approximate surface area is 163 Å². The predicted octanol–water partition coefficient (Wildman–Crippen LogP) is 2.82. The van der Waals surface area contributed by atoms with Gasteiger partial charge in [-0.1, -0.05) is 13.8 Å². The molecule has 1 aliphatic heterocycles. The molecular formula is C20H34N4O3. The number of nitrogens with one attached hydrogen (secondary N) is 2. The Morgan fingerprint density at radius 3 is 2.37 bits per heavy atom. The molecule has 0 amide bonds. The number of anilines is 1. The number of guanidine groups is 1. The highest BCUT2D eigenvalue weighted by atomic mass is 16.5. The van der Waals surface area contributed by atoms with Gasteiger partial charge in [0, 0.05) is 44.0 Å². The molecule has 7 nitrogen and oxygen atoms in total. The zero-order chi connectivity index (χ0) is 19.8. The minimum atomic E-state index is 0.547. The third-order valence-electron chi connectivity index (χ3n) is 4.75. The van der Waals surface area contributed by atoms with Crippen LogP contribution >= 0.6 is 0 Å². The van der Waals surface area contributed by atoms with Gasteiger partial charge in [-0.25, -0.2) is 0 Å². The van der Waals surface area contributed by atoms with Crippen molar-refractivity contribution in [3.8, 4) is 17.2 Å². The van der Waals surface area contributed by atoms with Crippen LogP contribution in [0.15, 0.2) is 17.1 Å². The van der Waals surface area contributed by atoms with Crippen LogP contribution in [0.4, 0.5) is 5.69 Å². The van der Waals surface area contributed by atoms with Gasteiger partial charge in [-0.2, -0.15) is 0 Å². The van der Waals surface area contributed by atoms with Gasteiger partial charge in [0.05, 0.1) is 21.3 Å². The van der Waals surface area contributed by atoms with Crippen molar-refractivity contribution in [1.82, 2.24) is 10.2 Å². The summed E-state index contributed by atoms with van der Waals surface area (Å²) in [6.45, 7) is 7.74. The van der Waals surface area contributed by atoms with Crippen LogP contribution in [0.1, 0.15) is 26.7 Å². The molecule has 0 spiro atoms. The molecule has 2 N–H and O–H groups in total. The van der Waals surface area contributed by atoms with Gasteiger partial charge in [-0.15, -0.1) is 0 Å². The van der Waals surface area contributed by atoms with E-state index in [1.54, 1.807) is 28.4 Å². The average molecular weight is 379 g/mol. The van der Waals surface area contributed by atoms with Crippen LogP contribution in [0.25, 0.3) is 0 Å². The van der Waals surface area contributed by atoms with Crippen molar-refractivity contribution in [2.75, 3.05) is 53.3 Å². The summed E-state index contributed by atoms with van der Waals surface area (Å²) in [7, 11) is 6.58. The average Bonchev–Trinajstić information content (AvgIpc) is 3.10. The lowest BCUT2D eigenvalue weighted by Crippen LogP contribution is -2.43. The molecule has 1 fully saturated rings. The minimum absolute atomic E-state index is 0.547. The molecule has 27 heavy (non-hydrogen) atoms. The van der Waals surface area contributed by atoms with Gasteiger partial charge in [0.15, 0.2) is 17.5 Å². The molecule has 1 aliphatic rings. The molecule has 2 rings (SSSR count). The Bertz CT molecular complexity index is 609. The van der Waals surface area contributed by atoms with Crippen molar-refractivity contribution in [3.05, 3.63) is 12.1 Å². The highest BCUT2D eigenvalue weighted by Gasteiger charge is 2.25. The molecule has 0 saturated carbocycles. The van der Waals surface area contributed by atoms with Crippen molar-refractivity contribution in [2.24, 2.45) is 10.9 Å². The van der Waals surface area contributed by atoms with Crippen molar-refractivity contribution < 1.29 is 14.2 Å². The lowest BCUT2D eigenvalue weighted by Gasteiger charge is -2.27. The fourth-order valence-electron chi connectivity index (χ4n) is 3.52. The van der Waals surface area contributed by atoms with E-state index in [9.17, 15) is 0 Å². The van der Waals surface area contributed by atoms with Crippen LogP contribution in [0.5, 0.6) is 17.2 Å². The number of hydrogen-bond donors (Lipinski definition) is 2. The van der Waals surface area contributed by atoms with Gasteiger partial charge in [0.2, 0.25) is 5.75 Å². The molecule has 1 atom stereocenters. The monoisotopic (exact) mass is 378 g/mol. The van der Waals surface area contributed by atoms with Crippen LogP contribution in [0.2, 0.25) is 0 Å². The zero-order valence-electron chi connectivity index (χ0n) is 17.5. The van der Waals surface area contributed by atoms with Crippen LogP contribution in [0.3, 0.4) is 0 Å². The van der Waals surface area contributed by atoms with Crippen molar-refractivity contribution >= 4 is 11.6 Å². The Balaban J connectivity index is 2.03. The summed E-state index contributed by atoms with van der Waals surface area (Å²) in [6.07, 6.45) is 2.48. The van der Waals surface area contributed by atoms with Crippen LogP contribution in [-0.4, -0.2) is 64.9 Å². The van der Waals surface area contributed by atoms with E-state index in [2.05, 4.69) is 34.4 Å². The highest BCUT2D eigenvalue weighted by molar-refractivity contribution is 5.94. The number of aliphatic imine (C=N–C) groups is 1. The normalized spacial score (nSPS) is 17.9. The van der Waals surface area contributed by atoms with E-state index < -0.39 is 0 Å². The Morgan fingerprint density at radius 1 is 1.19 bits per heavy atom. The zero-order valence-corrected chi connectivity index (χ0v) is 17.5. The SMILES string of the molecule is CN=C(NC[C@H]1CCCN1CC(C)C)Nc1cc(OC)c(OC)c(OC)c1. The topological polar surface area (TPSA) is 67.4 Å². The Hall–Kier alpha value is -2.15. The molecule has 1 aromatic carbocycles. The summed E-state index contributed by atoms with van der Waals surface area (Å²) in [5.41, 5.74) is 0.822. The molecule has 0 bridgehead atoms. The fourth-order valence-corrected chi connectivity index (χ4v) is 3.52. The second kappa shape index (κ2) is 10.3. The maximum atomic E-state index is 5.41. The summed E-state index contributed by atoms with van der Waals surface area (Å²) in [6, 6.07) is 4.29. The molecule has 0 unspecified atom stereocenters. The van der Waals surface area contributed by atoms with Gasteiger partial charge < -0.3 is 24.8 Å². The third-order valence-corrected chi connectivity index (χ3v) is 4.75. The number of nitrogens with zero attached hydrogens (tertiary/aromatic N) is 2. The molecule has 7 heteroatoms. The fraction of sp³-hybridized carbons (Fsp3) is 0.650. The van der Waals surface area contributed by atoms with Crippen molar-refractivity contribution in [2.45, 2.75) is 32.7 Å². The van der Waals surface area contributed by atoms with Crippen LogP contribution in [0, 0.1) is 5.92 Å². The van der Waals surface area contributed by atoms with Crippen LogP contribution < -0.4 is 24.8 Å². The van der Waals surface area contributed by atoms with Crippen LogP contribution in [-0.2, 0) is 0 Å². The first-order chi connectivity index (χ1) is 13.0. The molecule has 0 aromatic heterocycles. The maximum Gasteiger partial charge on any atom is 0.203 e. The second-order valence-electron chi connectivity index (χ2n) is 7.18. The maximum absolute atomic E-state index is 5.41. The number of ether oxygens (including phenoxy) is 3. The first kappa shape index (κ1) is 21.2. The van der Waals surface area contributed by atoms with E-state index in [4.69, 9.17) is 14.2 Å². The summed E-state index contributed by atoms with van der Waals surface area (Å²) >= 11 is 0.